The van der Waals surface area contributed by atoms with Crippen molar-refractivity contribution >= 4 is 35.8 Å². The number of nitrogens with zero attached hydrogens (tertiary/aromatic N) is 3. The lowest BCUT2D eigenvalue weighted by Crippen LogP contribution is -2.50. The van der Waals surface area contributed by atoms with Gasteiger partial charge in [-0.1, -0.05) is 33.1 Å². The molecule has 1 aliphatic carbocycles. The Morgan fingerprint density at radius 3 is 2.39 bits per heavy atom. The molecule has 2 aliphatic rings. The summed E-state index contributed by atoms with van der Waals surface area (Å²) in [5, 5.41) is 7.13. The predicted octanol–water partition coefficient (Wildman–Crippen LogP) is 3.07. The van der Waals surface area contributed by atoms with E-state index < -0.39 is 0 Å². The van der Waals surface area contributed by atoms with Crippen LogP contribution >= 0.6 is 24.0 Å². The number of carbonyl (C=O) groups excluding carboxylic acids is 1. The molecule has 0 aromatic carbocycles. The van der Waals surface area contributed by atoms with E-state index in [1.807, 2.05) is 0 Å². The van der Waals surface area contributed by atoms with E-state index in [0.29, 0.717) is 12.0 Å². The van der Waals surface area contributed by atoms with Crippen molar-refractivity contribution < 1.29 is 4.79 Å². The lowest BCUT2D eigenvalue weighted by atomic mass is 9.99. The number of likely N-dealkylation sites (tertiary alicyclic amines) is 1. The first-order valence-electron chi connectivity index (χ1n) is 11.0. The number of guanidine groups is 1. The van der Waals surface area contributed by atoms with Crippen molar-refractivity contribution in [2.24, 2.45) is 10.9 Å². The number of likely N-dealkylation sites (N-methyl/N-ethyl adjacent to an activating group) is 1. The SMILES string of the molecule is CCCCC(CC)CNC(=NCC(=O)N(C)C)NC1CCN(C2CC2)CC1.I. The average Bonchev–Trinajstić information content (AvgIpc) is 3.51. The molecule has 6 nitrogen and oxygen atoms in total. The van der Waals surface area contributed by atoms with Gasteiger partial charge in [0.25, 0.3) is 0 Å². The van der Waals surface area contributed by atoms with Crippen molar-refractivity contribution in [2.45, 2.75) is 77.3 Å². The second-order valence-electron chi connectivity index (χ2n) is 8.44. The fraction of sp³-hybridized carbons (Fsp3) is 0.905. The van der Waals surface area contributed by atoms with Gasteiger partial charge in [-0.3, -0.25) is 4.79 Å². The Hall–Kier alpha value is -0.570. The third-order valence-electron chi connectivity index (χ3n) is 5.91. The first kappa shape index (κ1) is 25.5. The molecule has 0 aromatic heterocycles. The highest BCUT2D eigenvalue weighted by molar-refractivity contribution is 14.0. The molecule has 0 radical (unpaired) electrons. The van der Waals surface area contributed by atoms with Gasteiger partial charge in [-0.25, -0.2) is 4.99 Å². The molecule has 1 atom stereocenters. The van der Waals surface area contributed by atoms with Crippen LogP contribution in [0.25, 0.3) is 0 Å². The second kappa shape index (κ2) is 13.6. The Balaban J connectivity index is 0.00000392. The Morgan fingerprint density at radius 1 is 1.18 bits per heavy atom. The number of carbonyl (C=O) groups is 1. The zero-order chi connectivity index (χ0) is 19.6. The van der Waals surface area contributed by atoms with Crippen LogP contribution in [0.3, 0.4) is 0 Å². The molecule has 1 saturated heterocycles. The standard InChI is InChI=1S/C21H41N5O.HI/c1-5-7-8-17(6-2)15-22-21(23-16-20(27)25(3)4)24-18-11-13-26(14-12-18)19-9-10-19;/h17-19H,5-16H2,1-4H3,(H2,22,23,24);1H. The summed E-state index contributed by atoms with van der Waals surface area (Å²) >= 11 is 0. The number of hydrogen-bond acceptors (Lipinski definition) is 3. The molecule has 0 aromatic rings. The van der Waals surface area contributed by atoms with Crippen LogP contribution in [-0.2, 0) is 4.79 Å². The van der Waals surface area contributed by atoms with Crippen LogP contribution in [-0.4, -0.2) is 74.0 Å². The number of rotatable bonds is 10. The molecule has 1 heterocycles. The van der Waals surface area contributed by atoms with Crippen LogP contribution in [0.1, 0.15) is 65.2 Å². The van der Waals surface area contributed by atoms with Crippen LogP contribution in [0, 0.1) is 5.92 Å². The van der Waals surface area contributed by atoms with E-state index >= 15 is 0 Å². The number of aliphatic imine (C=N–C) groups is 1. The predicted molar refractivity (Wildman–Crippen MR) is 128 cm³/mol. The van der Waals surface area contributed by atoms with Gasteiger partial charge in [0.1, 0.15) is 6.54 Å². The van der Waals surface area contributed by atoms with E-state index in [2.05, 4.69) is 34.4 Å². The van der Waals surface area contributed by atoms with Gasteiger partial charge in [-0.05, 0) is 38.0 Å². The van der Waals surface area contributed by atoms with Crippen molar-refractivity contribution in [1.82, 2.24) is 20.4 Å². The van der Waals surface area contributed by atoms with Crippen molar-refractivity contribution in [2.75, 3.05) is 40.3 Å². The fourth-order valence-corrected chi connectivity index (χ4v) is 3.67. The van der Waals surface area contributed by atoms with E-state index in [1.54, 1.807) is 19.0 Å². The van der Waals surface area contributed by atoms with Crippen molar-refractivity contribution in [3.63, 3.8) is 0 Å². The first-order valence-corrected chi connectivity index (χ1v) is 11.0. The second-order valence-corrected chi connectivity index (χ2v) is 8.44. The van der Waals surface area contributed by atoms with Gasteiger partial charge < -0.3 is 20.4 Å². The van der Waals surface area contributed by atoms with Crippen LogP contribution in [0.5, 0.6) is 0 Å². The summed E-state index contributed by atoms with van der Waals surface area (Å²) in [7, 11) is 3.56. The number of halogens is 1. The molecule has 164 valence electrons. The summed E-state index contributed by atoms with van der Waals surface area (Å²) in [5.41, 5.74) is 0. The van der Waals surface area contributed by atoms with E-state index in [-0.39, 0.29) is 36.4 Å². The van der Waals surface area contributed by atoms with Gasteiger partial charge in [0, 0.05) is 45.8 Å². The van der Waals surface area contributed by atoms with Crippen LogP contribution in [0.4, 0.5) is 0 Å². The number of nitrogens with one attached hydrogen (secondary N) is 2. The summed E-state index contributed by atoms with van der Waals surface area (Å²) < 4.78 is 0. The van der Waals surface area contributed by atoms with Crippen LogP contribution in [0.2, 0.25) is 0 Å². The molecular formula is C21H42IN5O. The zero-order valence-corrected chi connectivity index (χ0v) is 20.7. The Kier molecular flexibility index (Phi) is 12.4. The largest absolute Gasteiger partial charge is 0.356 e. The van der Waals surface area contributed by atoms with E-state index in [4.69, 9.17) is 0 Å². The topological polar surface area (TPSA) is 60.0 Å². The fourth-order valence-electron chi connectivity index (χ4n) is 3.67. The van der Waals surface area contributed by atoms with E-state index in [1.165, 1.54) is 51.6 Å². The summed E-state index contributed by atoms with van der Waals surface area (Å²) in [5.74, 6) is 1.51. The maximum Gasteiger partial charge on any atom is 0.243 e. The van der Waals surface area contributed by atoms with Gasteiger partial charge >= 0.3 is 0 Å². The van der Waals surface area contributed by atoms with Crippen molar-refractivity contribution in [3.05, 3.63) is 0 Å². The lowest BCUT2D eigenvalue weighted by molar-refractivity contribution is -0.127. The molecule has 2 rings (SSSR count). The van der Waals surface area contributed by atoms with Gasteiger partial charge in [0.05, 0.1) is 0 Å². The number of unbranched alkanes of at least 4 members (excludes halogenated alkanes) is 1. The molecule has 1 aliphatic heterocycles. The molecule has 2 fully saturated rings. The Labute approximate surface area is 189 Å². The van der Waals surface area contributed by atoms with Crippen molar-refractivity contribution in [3.8, 4) is 0 Å². The minimum absolute atomic E-state index is 0. The minimum atomic E-state index is 0. The monoisotopic (exact) mass is 507 g/mol. The van der Waals surface area contributed by atoms with Gasteiger partial charge in [0.2, 0.25) is 5.91 Å². The highest BCUT2D eigenvalue weighted by Crippen LogP contribution is 2.29. The quantitative estimate of drug-likeness (QED) is 0.271. The maximum absolute atomic E-state index is 12.0. The third-order valence-corrected chi connectivity index (χ3v) is 5.91. The smallest absolute Gasteiger partial charge is 0.243 e. The van der Waals surface area contributed by atoms with Gasteiger partial charge in [-0.15, -0.1) is 24.0 Å². The summed E-state index contributed by atoms with van der Waals surface area (Å²) in [6.45, 7) is 8.00. The molecule has 0 bridgehead atoms. The van der Waals surface area contributed by atoms with Crippen molar-refractivity contribution in [1.29, 1.82) is 0 Å². The molecule has 0 spiro atoms. The maximum atomic E-state index is 12.0. The van der Waals surface area contributed by atoms with Gasteiger partial charge in [0.15, 0.2) is 5.96 Å². The van der Waals surface area contributed by atoms with Crippen LogP contribution in [0.15, 0.2) is 4.99 Å². The highest BCUT2D eigenvalue weighted by Gasteiger charge is 2.31. The third kappa shape index (κ3) is 9.29. The lowest BCUT2D eigenvalue weighted by Gasteiger charge is -2.33. The summed E-state index contributed by atoms with van der Waals surface area (Å²) in [6.07, 6.45) is 10.0. The molecule has 1 amide bonds. The van der Waals surface area contributed by atoms with E-state index in [0.717, 1.165) is 31.4 Å². The zero-order valence-electron chi connectivity index (χ0n) is 18.4. The van der Waals surface area contributed by atoms with Gasteiger partial charge in [-0.2, -0.15) is 0 Å². The number of amides is 1. The molecule has 1 saturated carbocycles. The van der Waals surface area contributed by atoms with Crippen LogP contribution < -0.4 is 10.6 Å². The van der Waals surface area contributed by atoms with E-state index in [9.17, 15) is 4.79 Å². The number of piperidine rings is 1. The average molecular weight is 508 g/mol. The Bertz CT molecular complexity index is 473. The highest BCUT2D eigenvalue weighted by atomic mass is 127. The molecule has 28 heavy (non-hydrogen) atoms. The summed E-state index contributed by atoms with van der Waals surface area (Å²) in [6, 6.07) is 1.32. The molecule has 7 heteroatoms. The normalized spacial score (nSPS) is 19.6. The first-order chi connectivity index (χ1) is 13.0. The number of hydrogen-bond donors (Lipinski definition) is 2. The molecule has 2 N–H and O–H groups in total. The Morgan fingerprint density at radius 2 is 1.86 bits per heavy atom. The summed E-state index contributed by atoms with van der Waals surface area (Å²) in [4.78, 5) is 20.8. The molecule has 1 unspecified atom stereocenters. The molecular weight excluding hydrogens is 465 g/mol. The minimum Gasteiger partial charge on any atom is -0.356 e.